The lowest BCUT2D eigenvalue weighted by Gasteiger charge is -2.28. The van der Waals surface area contributed by atoms with E-state index in [4.69, 9.17) is 4.74 Å². The van der Waals surface area contributed by atoms with E-state index in [1.54, 1.807) is 0 Å². The van der Waals surface area contributed by atoms with E-state index < -0.39 is 17.0 Å². The molecule has 3 unspecified atom stereocenters. The summed E-state index contributed by atoms with van der Waals surface area (Å²) in [6.07, 6.45) is 2.36. The Labute approximate surface area is 104 Å². The van der Waals surface area contributed by atoms with Crippen LogP contribution in [0.2, 0.25) is 0 Å². The van der Waals surface area contributed by atoms with Crippen LogP contribution < -0.4 is 0 Å². The fourth-order valence-corrected chi connectivity index (χ4v) is 3.16. The first-order chi connectivity index (χ1) is 8.64. The maximum atomic E-state index is 13.7. The Bertz CT molecular complexity index is 505. The van der Waals surface area contributed by atoms with Gasteiger partial charge in [-0.1, -0.05) is 6.07 Å². The van der Waals surface area contributed by atoms with Crippen LogP contribution in [0.5, 0.6) is 0 Å². The van der Waals surface area contributed by atoms with Crippen LogP contribution in [0.15, 0.2) is 18.2 Å². The first kappa shape index (κ1) is 11.6. The summed E-state index contributed by atoms with van der Waals surface area (Å²) in [5.41, 5.74) is -0.749. The fourth-order valence-electron chi connectivity index (χ4n) is 3.16. The molecule has 2 bridgehead atoms. The van der Waals surface area contributed by atoms with Crippen molar-refractivity contribution >= 4 is 0 Å². The molecule has 0 radical (unpaired) electrons. The quantitative estimate of drug-likeness (QED) is 0.807. The van der Waals surface area contributed by atoms with Crippen molar-refractivity contribution < 1.29 is 13.5 Å². The highest BCUT2D eigenvalue weighted by Crippen LogP contribution is 2.49. The predicted molar refractivity (Wildman–Crippen MR) is 60.6 cm³/mol. The first-order valence-electron chi connectivity index (χ1n) is 6.14. The normalized spacial score (nSPS) is 33.6. The van der Waals surface area contributed by atoms with Gasteiger partial charge in [0.05, 0.1) is 23.7 Å². The summed E-state index contributed by atoms with van der Waals surface area (Å²) in [5, 5.41) is 9.41. The molecule has 2 aliphatic rings. The lowest BCUT2D eigenvalue weighted by Crippen LogP contribution is -2.33. The lowest BCUT2D eigenvalue weighted by atomic mass is 9.71. The van der Waals surface area contributed by atoms with Crippen molar-refractivity contribution in [2.45, 2.75) is 37.9 Å². The molecule has 3 atom stereocenters. The van der Waals surface area contributed by atoms with Gasteiger partial charge in [0, 0.05) is 5.56 Å². The number of hydrogen-bond acceptors (Lipinski definition) is 2. The molecular weight excluding hydrogens is 236 g/mol. The standard InChI is InChI=1S/C14H13F2NO/c15-11-2-1-3-12(16)10(11)7-14(8-17)6-9-4-5-13(14)18-9/h1-3,9,13H,4-7H2. The molecular formula is C14H13F2NO. The number of ether oxygens (including phenoxy) is 1. The van der Waals surface area contributed by atoms with Crippen LogP contribution >= 0.6 is 0 Å². The van der Waals surface area contributed by atoms with E-state index in [0.29, 0.717) is 6.42 Å². The summed E-state index contributed by atoms with van der Waals surface area (Å²) in [4.78, 5) is 0. The number of nitrogens with zero attached hydrogens (tertiary/aromatic N) is 1. The highest BCUT2D eigenvalue weighted by Gasteiger charge is 2.53. The summed E-state index contributed by atoms with van der Waals surface area (Å²) in [6, 6.07) is 6.06. The fraction of sp³-hybridized carbons (Fsp3) is 0.500. The van der Waals surface area contributed by atoms with E-state index in [2.05, 4.69) is 6.07 Å². The van der Waals surface area contributed by atoms with Gasteiger partial charge in [-0.15, -0.1) is 0 Å². The average Bonchev–Trinajstić information content (AvgIpc) is 2.95. The summed E-state index contributed by atoms with van der Waals surface area (Å²) in [6.45, 7) is 0. The molecule has 0 aliphatic carbocycles. The van der Waals surface area contributed by atoms with Crippen LogP contribution in [-0.2, 0) is 11.2 Å². The summed E-state index contributed by atoms with van der Waals surface area (Å²) in [7, 11) is 0. The second kappa shape index (κ2) is 4.03. The smallest absolute Gasteiger partial charge is 0.129 e. The van der Waals surface area contributed by atoms with E-state index in [9.17, 15) is 14.0 Å². The van der Waals surface area contributed by atoms with Gasteiger partial charge in [0.25, 0.3) is 0 Å². The molecule has 0 amide bonds. The number of benzene rings is 1. The van der Waals surface area contributed by atoms with Crippen molar-refractivity contribution in [2.24, 2.45) is 5.41 Å². The molecule has 1 aromatic rings. The minimum absolute atomic E-state index is 0.00944. The van der Waals surface area contributed by atoms with E-state index in [1.165, 1.54) is 18.2 Å². The van der Waals surface area contributed by atoms with Crippen molar-refractivity contribution in [1.82, 2.24) is 0 Å². The summed E-state index contributed by atoms with van der Waals surface area (Å²) < 4.78 is 33.0. The van der Waals surface area contributed by atoms with E-state index in [1.807, 2.05) is 0 Å². The summed E-state index contributed by atoms with van der Waals surface area (Å²) >= 11 is 0. The van der Waals surface area contributed by atoms with Crippen molar-refractivity contribution in [3.63, 3.8) is 0 Å². The van der Waals surface area contributed by atoms with Crippen molar-refractivity contribution in [1.29, 1.82) is 5.26 Å². The topological polar surface area (TPSA) is 33.0 Å². The van der Waals surface area contributed by atoms with Crippen molar-refractivity contribution in [3.8, 4) is 6.07 Å². The highest BCUT2D eigenvalue weighted by atomic mass is 19.1. The molecule has 94 valence electrons. The zero-order valence-corrected chi connectivity index (χ0v) is 9.83. The molecule has 1 aromatic carbocycles. The molecule has 2 nitrogen and oxygen atoms in total. The SMILES string of the molecule is N#CC1(Cc2c(F)cccc2F)CC2CCC1O2. The number of rotatable bonds is 2. The van der Waals surface area contributed by atoms with Crippen molar-refractivity contribution in [3.05, 3.63) is 35.4 Å². The Morgan fingerprint density at radius 3 is 2.56 bits per heavy atom. The number of halogens is 2. The van der Waals surface area contributed by atoms with Crippen LogP contribution in [-0.4, -0.2) is 12.2 Å². The Hall–Kier alpha value is -1.47. The largest absolute Gasteiger partial charge is 0.373 e. The molecule has 2 fully saturated rings. The molecule has 3 rings (SSSR count). The predicted octanol–water partition coefficient (Wildman–Crippen LogP) is 2.97. The molecule has 0 N–H and O–H groups in total. The second-order valence-electron chi connectivity index (χ2n) is 5.17. The van der Waals surface area contributed by atoms with Crippen LogP contribution in [0, 0.1) is 28.4 Å². The third kappa shape index (κ3) is 1.62. The van der Waals surface area contributed by atoms with Crippen LogP contribution in [0.3, 0.4) is 0 Å². The summed E-state index contributed by atoms with van der Waals surface area (Å²) in [5.74, 6) is -1.15. The van der Waals surface area contributed by atoms with Gasteiger partial charge in [-0.2, -0.15) is 5.26 Å². The number of fused-ring (bicyclic) bond motifs is 2. The Morgan fingerprint density at radius 1 is 1.33 bits per heavy atom. The molecule has 2 saturated heterocycles. The molecule has 18 heavy (non-hydrogen) atoms. The van der Waals surface area contributed by atoms with E-state index in [0.717, 1.165) is 12.8 Å². The minimum Gasteiger partial charge on any atom is -0.373 e. The average molecular weight is 249 g/mol. The molecule has 0 saturated carbocycles. The van der Waals surface area contributed by atoms with Crippen molar-refractivity contribution in [2.75, 3.05) is 0 Å². The van der Waals surface area contributed by atoms with Crippen LogP contribution in [0.1, 0.15) is 24.8 Å². The van der Waals surface area contributed by atoms with Gasteiger partial charge in [-0.25, -0.2) is 8.78 Å². The Morgan fingerprint density at radius 2 is 2.06 bits per heavy atom. The van der Waals surface area contributed by atoms with Crippen LogP contribution in [0.25, 0.3) is 0 Å². The number of nitriles is 1. The second-order valence-corrected chi connectivity index (χ2v) is 5.17. The zero-order chi connectivity index (χ0) is 12.8. The van der Waals surface area contributed by atoms with Gasteiger partial charge in [-0.3, -0.25) is 0 Å². The first-order valence-corrected chi connectivity index (χ1v) is 6.14. The van der Waals surface area contributed by atoms with Gasteiger partial charge in [0.15, 0.2) is 0 Å². The monoisotopic (exact) mass is 249 g/mol. The third-order valence-corrected chi connectivity index (χ3v) is 4.09. The van der Waals surface area contributed by atoms with E-state index in [-0.39, 0.29) is 24.2 Å². The Kier molecular flexibility index (Phi) is 2.60. The minimum atomic E-state index is -0.758. The lowest BCUT2D eigenvalue weighted by molar-refractivity contribution is 0.0783. The van der Waals surface area contributed by atoms with Crippen LogP contribution in [0.4, 0.5) is 8.78 Å². The van der Waals surface area contributed by atoms with Gasteiger partial charge in [0.2, 0.25) is 0 Å². The third-order valence-electron chi connectivity index (χ3n) is 4.09. The maximum Gasteiger partial charge on any atom is 0.129 e. The molecule has 2 heterocycles. The number of hydrogen-bond donors (Lipinski definition) is 0. The highest BCUT2D eigenvalue weighted by molar-refractivity contribution is 5.26. The zero-order valence-electron chi connectivity index (χ0n) is 9.83. The van der Waals surface area contributed by atoms with Gasteiger partial charge in [-0.05, 0) is 37.8 Å². The maximum absolute atomic E-state index is 13.7. The van der Waals surface area contributed by atoms with Gasteiger partial charge < -0.3 is 4.74 Å². The van der Waals surface area contributed by atoms with Gasteiger partial charge in [0.1, 0.15) is 11.6 Å². The molecule has 0 aromatic heterocycles. The van der Waals surface area contributed by atoms with E-state index >= 15 is 0 Å². The molecule has 4 heteroatoms. The molecule has 0 spiro atoms. The Balaban J connectivity index is 1.94. The van der Waals surface area contributed by atoms with Gasteiger partial charge >= 0.3 is 0 Å². The molecule has 2 aliphatic heterocycles.